The molecule has 2 amide bonds. The fourth-order valence-corrected chi connectivity index (χ4v) is 6.50. The number of halogens is 2. The monoisotopic (exact) mass is 734 g/mol. The first kappa shape index (κ1) is 36.6. The van der Waals surface area contributed by atoms with Crippen LogP contribution < -0.4 is 10.8 Å². The standard InChI is InChI=1S/C42H40Cl2N4O4/c1-41(2,3)51-40(50)46-35(24-25-38-45-36-26-33(43)34(44)27-37(36)48(38)28-29-16-8-4-9-17-29)39(49)47-52-42(30-18-10-5-11-19-30,31-20-12-6-13-21-31)32-22-14-7-15-23-32/h4-23,26-27,35H,24-25,28H2,1-3H3,(H,46,50)(H,47,49)/t35-/m0/s1. The summed E-state index contributed by atoms with van der Waals surface area (Å²) in [6.45, 7) is 5.81. The van der Waals surface area contributed by atoms with E-state index in [1.165, 1.54) is 0 Å². The summed E-state index contributed by atoms with van der Waals surface area (Å²) >= 11 is 12.8. The smallest absolute Gasteiger partial charge is 0.408 e. The fourth-order valence-electron chi connectivity index (χ4n) is 6.19. The molecule has 266 valence electrons. The summed E-state index contributed by atoms with van der Waals surface area (Å²) in [5.74, 6) is 0.129. The maximum Gasteiger partial charge on any atom is 0.408 e. The van der Waals surface area contributed by atoms with Gasteiger partial charge in [0.25, 0.3) is 5.91 Å². The molecular formula is C42H40Cl2N4O4. The van der Waals surface area contributed by atoms with Crippen molar-refractivity contribution in [3.05, 3.63) is 172 Å². The predicted molar refractivity (Wildman–Crippen MR) is 205 cm³/mol. The summed E-state index contributed by atoms with van der Waals surface area (Å²) in [4.78, 5) is 38.9. The summed E-state index contributed by atoms with van der Waals surface area (Å²) in [5, 5.41) is 3.59. The normalized spacial score (nSPS) is 12.3. The van der Waals surface area contributed by atoms with Gasteiger partial charge < -0.3 is 14.6 Å². The zero-order valence-corrected chi connectivity index (χ0v) is 30.7. The fraction of sp³-hybridized carbons (Fsp3) is 0.214. The molecule has 6 rings (SSSR count). The Morgan fingerprint density at radius 2 is 1.25 bits per heavy atom. The molecule has 0 unspecified atom stereocenters. The predicted octanol–water partition coefficient (Wildman–Crippen LogP) is 9.26. The van der Waals surface area contributed by atoms with Crippen LogP contribution in [0.3, 0.4) is 0 Å². The van der Waals surface area contributed by atoms with Crippen LogP contribution >= 0.6 is 23.2 Å². The molecule has 0 bridgehead atoms. The van der Waals surface area contributed by atoms with Crippen LogP contribution in [0.15, 0.2) is 133 Å². The van der Waals surface area contributed by atoms with E-state index in [0.717, 1.165) is 27.8 Å². The number of hydrogen-bond acceptors (Lipinski definition) is 5. The van der Waals surface area contributed by atoms with Crippen molar-refractivity contribution in [3.63, 3.8) is 0 Å². The van der Waals surface area contributed by atoms with Gasteiger partial charge in [0.15, 0.2) is 5.60 Å². The minimum absolute atomic E-state index is 0.170. The average Bonchev–Trinajstić information content (AvgIpc) is 3.46. The Labute approximate surface area is 313 Å². The molecule has 1 aromatic heterocycles. The van der Waals surface area contributed by atoms with E-state index in [1.54, 1.807) is 32.9 Å². The third-order valence-electron chi connectivity index (χ3n) is 8.56. The number of alkyl carbamates (subject to hydrolysis) is 1. The Bertz CT molecular complexity index is 2020. The minimum atomic E-state index is -1.22. The second-order valence-electron chi connectivity index (χ2n) is 13.4. The minimum Gasteiger partial charge on any atom is -0.444 e. The average molecular weight is 736 g/mol. The summed E-state index contributed by atoms with van der Waals surface area (Å²) in [6, 6.07) is 41.5. The molecule has 0 aliphatic carbocycles. The van der Waals surface area contributed by atoms with Gasteiger partial charge in [0.2, 0.25) is 0 Å². The van der Waals surface area contributed by atoms with Crippen molar-refractivity contribution >= 4 is 46.2 Å². The molecular weight excluding hydrogens is 695 g/mol. The van der Waals surface area contributed by atoms with Gasteiger partial charge in [0.05, 0.1) is 21.1 Å². The number of aryl methyl sites for hydroxylation is 1. The van der Waals surface area contributed by atoms with Crippen LogP contribution in [-0.2, 0) is 32.9 Å². The van der Waals surface area contributed by atoms with Gasteiger partial charge in [-0.1, -0.05) is 145 Å². The quantitative estimate of drug-likeness (QED) is 0.0966. The van der Waals surface area contributed by atoms with Crippen molar-refractivity contribution in [3.8, 4) is 0 Å². The van der Waals surface area contributed by atoms with E-state index in [0.29, 0.717) is 34.4 Å². The molecule has 0 saturated heterocycles. The van der Waals surface area contributed by atoms with Gasteiger partial charge in [0, 0.05) is 13.0 Å². The maximum atomic E-state index is 14.3. The number of nitrogens with zero attached hydrogens (tertiary/aromatic N) is 2. The van der Waals surface area contributed by atoms with Gasteiger partial charge in [-0.3, -0.25) is 9.63 Å². The highest BCUT2D eigenvalue weighted by molar-refractivity contribution is 6.42. The lowest BCUT2D eigenvalue weighted by molar-refractivity contribution is -0.145. The van der Waals surface area contributed by atoms with Gasteiger partial charge in [-0.2, -0.15) is 0 Å². The van der Waals surface area contributed by atoms with Gasteiger partial charge in [-0.05, 0) is 61.6 Å². The first-order chi connectivity index (χ1) is 25.0. The number of hydroxylamine groups is 1. The van der Waals surface area contributed by atoms with Gasteiger partial charge in [-0.25, -0.2) is 15.3 Å². The Hall–Kier alpha value is -5.15. The molecule has 0 aliphatic rings. The van der Waals surface area contributed by atoms with Gasteiger partial charge in [-0.15, -0.1) is 0 Å². The molecule has 10 heteroatoms. The van der Waals surface area contributed by atoms with E-state index in [9.17, 15) is 9.59 Å². The van der Waals surface area contributed by atoms with Crippen LogP contribution in [0.4, 0.5) is 4.79 Å². The van der Waals surface area contributed by atoms with E-state index in [-0.39, 0.29) is 6.42 Å². The number of ether oxygens (including phenoxy) is 1. The van der Waals surface area contributed by atoms with Gasteiger partial charge in [0.1, 0.15) is 17.5 Å². The molecule has 2 N–H and O–H groups in total. The van der Waals surface area contributed by atoms with E-state index in [4.69, 9.17) is 37.8 Å². The topological polar surface area (TPSA) is 94.5 Å². The molecule has 0 spiro atoms. The van der Waals surface area contributed by atoms with Crippen molar-refractivity contribution in [1.82, 2.24) is 20.3 Å². The molecule has 1 atom stereocenters. The molecule has 8 nitrogen and oxygen atoms in total. The lowest BCUT2D eigenvalue weighted by Crippen LogP contribution is -2.50. The van der Waals surface area contributed by atoms with E-state index in [2.05, 4.69) is 15.4 Å². The molecule has 1 heterocycles. The lowest BCUT2D eigenvalue weighted by Gasteiger charge is -2.35. The Morgan fingerprint density at radius 1 is 0.750 bits per heavy atom. The van der Waals surface area contributed by atoms with Crippen LogP contribution in [0.1, 0.15) is 55.3 Å². The van der Waals surface area contributed by atoms with Crippen molar-refractivity contribution < 1.29 is 19.2 Å². The molecule has 0 radical (unpaired) electrons. The lowest BCUT2D eigenvalue weighted by atomic mass is 9.80. The number of imidazole rings is 1. The van der Waals surface area contributed by atoms with Crippen LogP contribution in [-0.4, -0.2) is 33.2 Å². The van der Waals surface area contributed by atoms with Crippen LogP contribution in [0.5, 0.6) is 0 Å². The van der Waals surface area contributed by atoms with E-state index >= 15 is 0 Å². The third-order valence-corrected chi connectivity index (χ3v) is 9.28. The largest absolute Gasteiger partial charge is 0.444 e. The van der Waals surface area contributed by atoms with Crippen molar-refractivity contribution in [2.24, 2.45) is 0 Å². The zero-order chi connectivity index (χ0) is 36.7. The number of hydrogen-bond donors (Lipinski definition) is 2. The number of carbonyl (C=O) groups is 2. The summed E-state index contributed by atoms with van der Waals surface area (Å²) in [6.07, 6.45) is -0.251. The first-order valence-corrected chi connectivity index (χ1v) is 17.8. The highest BCUT2D eigenvalue weighted by Crippen LogP contribution is 2.39. The number of carbonyl (C=O) groups excluding carboxylic acids is 2. The molecule has 0 saturated carbocycles. The Kier molecular flexibility index (Phi) is 11.3. The van der Waals surface area contributed by atoms with E-state index in [1.807, 2.05) is 121 Å². The third kappa shape index (κ3) is 8.48. The summed E-state index contributed by atoms with van der Waals surface area (Å²) in [7, 11) is 0. The number of amides is 2. The SMILES string of the molecule is CC(C)(C)OC(=O)N[C@@H](CCc1nc2cc(Cl)c(Cl)cc2n1Cc1ccccc1)C(=O)NOC(c1ccccc1)(c1ccccc1)c1ccccc1. The van der Waals surface area contributed by atoms with Crippen molar-refractivity contribution in [1.29, 1.82) is 0 Å². The summed E-state index contributed by atoms with van der Waals surface area (Å²) < 4.78 is 7.63. The second-order valence-corrected chi connectivity index (χ2v) is 14.3. The van der Waals surface area contributed by atoms with Crippen LogP contribution in [0.2, 0.25) is 10.0 Å². The highest BCUT2D eigenvalue weighted by atomic mass is 35.5. The number of aromatic nitrogens is 2. The number of fused-ring (bicyclic) bond motifs is 1. The Morgan fingerprint density at radius 3 is 1.77 bits per heavy atom. The first-order valence-electron chi connectivity index (χ1n) is 17.1. The number of benzene rings is 5. The molecule has 6 aromatic rings. The molecule has 0 fully saturated rings. The maximum absolute atomic E-state index is 14.3. The molecule has 52 heavy (non-hydrogen) atoms. The number of rotatable bonds is 12. The van der Waals surface area contributed by atoms with E-state index < -0.39 is 29.2 Å². The molecule has 0 aliphatic heterocycles. The van der Waals surface area contributed by atoms with Crippen LogP contribution in [0, 0.1) is 0 Å². The van der Waals surface area contributed by atoms with Crippen molar-refractivity contribution in [2.45, 2.75) is 57.4 Å². The van der Waals surface area contributed by atoms with Gasteiger partial charge >= 0.3 is 6.09 Å². The highest BCUT2D eigenvalue weighted by Gasteiger charge is 2.40. The molecule has 5 aromatic carbocycles. The number of nitrogens with one attached hydrogen (secondary N) is 2. The van der Waals surface area contributed by atoms with Crippen molar-refractivity contribution in [2.75, 3.05) is 0 Å². The van der Waals surface area contributed by atoms with Crippen LogP contribution in [0.25, 0.3) is 11.0 Å². The zero-order valence-electron chi connectivity index (χ0n) is 29.2. The Balaban J connectivity index is 1.34. The summed E-state index contributed by atoms with van der Waals surface area (Å²) in [5.41, 5.74) is 5.68. The second kappa shape index (κ2) is 16.0.